The second-order valence-electron chi connectivity index (χ2n) is 4.51. The van der Waals surface area contributed by atoms with Crippen molar-refractivity contribution in [3.05, 3.63) is 39.8 Å². The molecule has 0 saturated carbocycles. The number of benzene rings is 1. The maximum atomic E-state index is 5.82. The zero-order chi connectivity index (χ0) is 15.1. The predicted octanol–water partition coefficient (Wildman–Crippen LogP) is 3.18. The van der Waals surface area contributed by atoms with E-state index in [1.54, 1.807) is 11.3 Å². The summed E-state index contributed by atoms with van der Waals surface area (Å²) in [6.07, 6.45) is 1.72. The van der Waals surface area contributed by atoms with E-state index in [9.17, 15) is 0 Å². The Bertz CT molecular complexity index is 548. The second kappa shape index (κ2) is 8.00. The zero-order valence-corrected chi connectivity index (χ0v) is 13.4. The van der Waals surface area contributed by atoms with Crippen LogP contribution in [0.2, 0.25) is 0 Å². The smallest absolute Gasteiger partial charge is 0.161 e. The van der Waals surface area contributed by atoms with E-state index in [1.165, 1.54) is 4.88 Å². The first-order chi connectivity index (χ1) is 10.3. The fourth-order valence-electron chi connectivity index (χ4n) is 2.07. The van der Waals surface area contributed by atoms with Gasteiger partial charge in [0.25, 0.3) is 0 Å². The van der Waals surface area contributed by atoms with Crippen LogP contribution in [0.1, 0.15) is 29.4 Å². The van der Waals surface area contributed by atoms with Crippen LogP contribution in [0, 0.1) is 0 Å². The van der Waals surface area contributed by atoms with E-state index in [0.29, 0.717) is 19.8 Å². The summed E-state index contributed by atoms with van der Waals surface area (Å²) in [6.45, 7) is 5.85. The van der Waals surface area contributed by atoms with Crippen LogP contribution in [-0.2, 0) is 19.4 Å². The first-order valence-corrected chi connectivity index (χ1v) is 8.12. The molecule has 0 saturated heterocycles. The van der Waals surface area contributed by atoms with Gasteiger partial charge in [-0.15, -0.1) is 11.3 Å². The van der Waals surface area contributed by atoms with E-state index in [4.69, 9.17) is 15.2 Å². The Morgan fingerprint density at radius 3 is 2.43 bits per heavy atom. The summed E-state index contributed by atoms with van der Waals surface area (Å²) in [5.41, 5.74) is 6.85. The largest absolute Gasteiger partial charge is 0.490 e. The van der Waals surface area contributed by atoms with E-state index in [-0.39, 0.29) is 0 Å². The minimum Gasteiger partial charge on any atom is -0.490 e. The van der Waals surface area contributed by atoms with Crippen molar-refractivity contribution in [3.63, 3.8) is 0 Å². The maximum Gasteiger partial charge on any atom is 0.161 e. The maximum absolute atomic E-state index is 5.82. The molecule has 0 aliphatic carbocycles. The number of rotatable bonds is 8. The molecule has 0 aliphatic heterocycles. The zero-order valence-electron chi connectivity index (χ0n) is 12.6. The van der Waals surface area contributed by atoms with Gasteiger partial charge in [0, 0.05) is 17.8 Å². The van der Waals surface area contributed by atoms with E-state index in [0.717, 1.165) is 35.0 Å². The first kappa shape index (κ1) is 15.8. The Kier molecular flexibility index (Phi) is 6.02. The van der Waals surface area contributed by atoms with Gasteiger partial charge < -0.3 is 15.2 Å². The molecule has 0 amide bonds. The van der Waals surface area contributed by atoms with Crippen molar-refractivity contribution in [2.45, 2.75) is 33.2 Å². The number of ether oxygens (including phenoxy) is 2. The predicted molar refractivity (Wildman–Crippen MR) is 86.2 cm³/mol. The number of hydrogen-bond acceptors (Lipinski definition) is 5. The molecule has 2 N–H and O–H groups in total. The van der Waals surface area contributed by atoms with Crippen molar-refractivity contribution in [2.75, 3.05) is 13.2 Å². The second-order valence-corrected chi connectivity index (χ2v) is 5.68. The van der Waals surface area contributed by atoms with Crippen molar-refractivity contribution in [1.82, 2.24) is 4.98 Å². The van der Waals surface area contributed by atoms with Crippen LogP contribution < -0.4 is 15.2 Å². The monoisotopic (exact) mass is 306 g/mol. The molecule has 2 aromatic rings. The third-order valence-electron chi connectivity index (χ3n) is 3.07. The first-order valence-electron chi connectivity index (χ1n) is 7.30. The summed E-state index contributed by atoms with van der Waals surface area (Å²) in [5, 5.41) is 1.08. The molecule has 0 radical (unpaired) electrons. The molecule has 0 atom stereocenters. The van der Waals surface area contributed by atoms with Crippen molar-refractivity contribution < 1.29 is 9.47 Å². The summed E-state index contributed by atoms with van der Waals surface area (Å²) in [5.74, 6) is 1.57. The van der Waals surface area contributed by atoms with E-state index < -0.39 is 0 Å². The molecule has 2 rings (SSSR count). The molecule has 5 heteroatoms. The van der Waals surface area contributed by atoms with Gasteiger partial charge in [-0.3, -0.25) is 0 Å². The number of para-hydroxylation sites is 2. The van der Waals surface area contributed by atoms with E-state index >= 15 is 0 Å². The summed E-state index contributed by atoms with van der Waals surface area (Å²) < 4.78 is 11.4. The topological polar surface area (TPSA) is 57.4 Å². The number of nitrogens with zero attached hydrogens (tertiary/aromatic N) is 1. The van der Waals surface area contributed by atoms with Crippen molar-refractivity contribution in [2.24, 2.45) is 5.73 Å². The molecule has 0 unspecified atom stereocenters. The molecule has 21 heavy (non-hydrogen) atoms. The van der Waals surface area contributed by atoms with Crippen LogP contribution in [0.5, 0.6) is 11.5 Å². The molecule has 0 fully saturated rings. The van der Waals surface area contributed by atoms with E-state index in [1.807, 2.05) is 31.2 Å². The lowest BCUT2D eigenvalue weighted by Crippen LogP contribution is -2.03. The molecular formula is C16H22N2O2S. The van der Waals surface area contributed by atoms with Gasteiger partial charge in [0.15, 0.2) is 11.5 Å². The summed E-state index contributed by atoms with van der Waals surface area (Å²) >= 11 is 1.69. The Labute approximate surface area is 129 Å². The highest BCUT2D eigenvalue weighted by Crippen LogP contribution is 2.27. The van der Waals surface area contributed by atoms with Crippen molar-refractivity contribution in [3.8, 4) is 11.5 Å². The lowest BCUT2D eigenvalue weighted by Gasteiger charge is -2.10. The van der Waals surface area contributed by atoms with Gasteiger partial charge in [0.1, 0.15) is 0 Å². The average Bonchev–Trinajstić information content (AvgIpc) is 2.91. The molecule has 0 aliphatic rings. The summed E-state index contributed by atoms with van der Waals surface area (Å²) in [6, 6.07) is 7.74. The molecule has 0 bridgehead atoms. The quantitative estimate of drug-likeness (QED) is 0.814. The van der Waals surface area contributed by atoms with Gasteiger partial charge in [-0.25, -0.2) is 4.98 Å². The van der Waals surface area contributed by atoms with Gasteiger partial charge in [-0.05, 0) is 25.5 Å². The number of aryl methyl sites for hydroxylation is 1. The van der Waals surface area contributed by atoms with Gasteiger partial charge in [0.2, 0.25) is 0 Å². The van der Waals surface area contributed by atoms with Crippen LogP contribution in [0.15, 0.2) is 24.3 Å². The highest BCUT2D eigenvalue weighted by atomic mass is 32.1. The van der Waals surface area contributed by atoms with Crippen LogP contribution >= 0.6 is 11.3 Å². The molecular weight excluding hydrogens is 284 g/mol. The molecule has 1 aromatic heterocycles. The Morgan fingerprint density at radius 1 is 1.14 bits per heavy atom. The molecule has 114 valence electrons. The third kappa shape index (κ3) is 4.19. The fraction of sp³-hybridized carbons (Fsp3) is 0.438. The normalized spacial score (nSPS) is 10.6. The Hall–Kier alpha value is -1.59. The third-order valence-corrected chi connectivity index (χ3v) is 4.25. The SMILES string of the molecule is CCOc1ccccc1OCCc1nc(CC)c(CN)s1. The van der Waals surface area contributed by atoms with Gasteiger partial charge in [-0.1, -0.05) is 19.1 Å². The minimum absolute atomic E-state index is 0.564. The lowest BCUT2D eigenvalue weighted by atomic mass is 10.3. The molecule has 1 aromatic carbocycles. The van der Waals surface area contributed by atoms with Crippen LogP contribution in [0.3, 0.4) is 0 Å². The van der Waals surface area contributed by atoms with Crippen molar-refractivity contribution in [1.29, 1.82) is 0 Å². The summed E-state index contributed by atoms with van der Waals surface area (Å²) in [7, 11) is 0. The van der Waals surface area contributed by atoms with Crippen LogP contribution in [0.25, 0.3) is 0 Å². The van der Waals surface area contributed by atoms with Gasteiger partial charge >= 0.3 is 0 Å². The standard InChI is InChI=1S/C16H22N2O2S/c1-3-12-15(11-17)21-16(18-12)9-10-20-14-8-6-5-7-13(14)19-4-2/h5-8H,3-4,9-11,17H2,1-2H3. The average molecular weight is 306 g/mol. The number of nitrogens with two attached hydrogens (primary N) is 1. The molecule has 0 spiro atoms. The van der Waals surface area contributed by atoms with Crippen LogP contribution in [-0.4, -0.2) is 18.2 Å². The minimum atomic E-state index is 0.564. The Morgan fingerprint density at radius 2 is 1.86 bits per heavy atom. The number of thiazole rings is 1. The fourth-order valence-corrected chi connectivity index (χ4v) is 3.09. The highest BCUT2D eigenvalue weighted by molar-refractivity contribution is 7.11. The Balaban J connectivity index is 1.94. The number of aromatic nitrogens is 1. The lowest BCUT2D eigenvalue weighted by molar-refractivity contribution is 0.279. The van der Waals surface area contributed by atoms with Crippen molar-refractivity contribution >= 4 is 11.3 Å². The van der Waals surface area contributed by atoms with Crippen LogP contribution in [0.4, 0.5) is 0 Å². The molecule has 1 heterocycles. The highest BCUT2D eigenvalue weighted by Gasteiger charge is 2.09. The van der Waals surface area contributed by atoms with Gasteiger partial charge in [0.05, 0.1) is 23.9 Å². The van der Waals surface area contributed by atoms with E-state index in [2.05, 4.69) is 11.9 Å². The molecule has 4 nitrogen and oxygen atoms in total. The number of hydrogen-bond donors (Lipinski definition) is 1. The van der Waals surface area contributed by atoms with Gasteiger partial charge in [-0.2, -0.15) is 0 Å². The summed E-state index contributed by atoms with van der Waals surface area (Å²) in [4.78, 5) is 5.80.